The van der Waals surface area contributed by atoms with Crippen LogP contribution in [0.3, 0.4) is 0 Å². The molecule has 1 atom stereocenters. The quantitative estimate of drug-likeness (QED) is 0.739. The second-order valence-electron chi connectivity index (χ2n) is 9.59. The van der Waals surface area contributed by atoms with Crippen molar-refractivity contribution in [3.63, 3.8) is 0 Å². The molecular weight excluding hydrogens is 346 g/mol. The molecule has 5 heteroatoms. The Morgan fingerprint density at radius 3 is 2.61 bits per heavy atom. The van der Waals surface area contributed by atoms with E-state index in [0.717, 1.165) is 24.3 Å². The van der Waals surface area contributed by atoms with Crippen LogP contribution in [0.5, 0.6) is 0 Å². The molecule has 3 aliphatic rings. The summed E-state index contributed by atoms with van der Waals surface area (Å²) >= 11 is 0. The van der Waals surface area contributed by atoms with Gasteiger partial charge in [-0.15, -0.1) is 0 Å². The molecule has 2 saturated heterocycles. The van der Waals surface area contributed by atoms with Crippen LogP contribution in [-0.2, 0) is 6.54 Å². The number of rotatable bonds is 8. The Morgan fingerprint density at radius 1 is 1.04 bits per heavy atom. The summed E-state index contributed by atoms with van der Waals surface area (Å²) in [6.07, 6.45) is 14.7. The largest absolute Gasteiger partial charge is 0.345 e. The number of nitrogens with zero attached hydrogens (tertiary/aromatic N) is 4. The van der Waals surface area contributed by atoms with Gasteiger partial charge in [-0.05, 0) is 71.0 Å². The SMILES string of the molecule is Cc1cnc(CN(CCN2CCCCC2)C[C@H]2CCCN(C3CCCC3)C2)[nH]1. The molecule has 158 valence electrons. The minimum absolute atomic E-state index is 0.826. The predicted octanol–water partition coefficient (Wildman–Crippen LogP) is 3.66. The highest BCUT2D eigenvalue weighted by Crippen LogP contribution is 2.28. The summed E-state index contributed by atoms with van der Waals surface area (Å²) in [6.45, 7) is 12.0. The van der Waals surface area contributed by atoms with E-state index in [2.05, 4.69) is 31.6 Å². The molecule has 0 spiro atoms. The number of nitrogens with one attached hydrogen (secondary N) is 1. The fraction of sp³-hybridized carbons (Fsp3) is 0.870. The van der Waals surface area contributed by atoms with Crippen molar-refractivity contribution in [3.8, 4) is 0 Å². The van der Waals surface area contributed by atoms with Crippen molar-refractivity contribution in [1.29, 1.82) is 0 Å². The second-order valence-corrected chi connectivity index (χ2v) is 9.59. The van der Waals surface area contributed by atoms with Gasteiger partial charge in [0.25, 0.3) is 0 Å². The van der Waals surface area contributed by atoms with Gasteiger partial charge in [-0.3, -0.25) is 4.90 Å². The molecule has 3 fully saturated rings. The number of aromatic amines is 1. The number of aromatic nitrogens is 2. The van der Waals surface area contributed by atoms with Crippen LogP contribution in [-0.4, -0.2) is 76.5 Å². The first kappa shape index (κ1) is 20.4. The lowest BCUT2D eigenvalue weighted by molar-refractivity contribution is 0.0904. The summed E-state index contributed by atoms with van der Waals surface area (Å²) in [5.41, 5.74) is 1.18. The van der Waals surface area contributed by atoms with Gasteiger partial charge in [0.1, 0.15) is 5.82 Å². The molecule has 28 heavy (non-hydrogen) atoms. The fourth-order valence-corrected chi connectivity index (χ4v) is 5.67. The van der Waals surface area contributed by atoms with Gasteiger partial charge in [0.05, 0.1) is 6.54 Å². The number of imidazole rings is 1. The Labute approximate surface area is 171 Å². The smallest absolute Gasteiger partial charge is 0.120 e. The average Bonchev–Trinajstić information content (AvgIpc) is 3.39. The van der Waals surface area contributed by atoms with Gasteiger partial charge in [-0.1, -0.05) is 19.3 Å². The number of hydrogen-bond acceptors (Lipinski definition) is 4. The molecule has 1 N–H and O–H groups in total. The summed E-state index contributed by atoms with van der Waals surface area (Å²) in [4.78, 5) is 16.3. The van der Waals surface area contributed by atoms with Crippen molar-refractivity contribution in [1.82, 2.24) is 24.7 Å². The van der Waals surface area contributed by atoms with Crippen LogP contribution in [0.25, 0.3) is 0 Å². The lowest BCUT2D eigenvalue weighted by Gasteiger charge is -2.39. The zero-order valence-corrected chi connectivity index (χ0v) is 18.0. The normalized spacial score (nSPS) is 25.7. The molecule has 3 heterocycles. The lowest BCUT2D eigenvalue weighted by Crippen LogP contribution is -2.46. The van der Waals surface area contributed by atoms with Crippen LogP contribution in [0.15, 0.2) is 6.20 Å². The molecule has 0 bridgehead atoms. The number of H-pyrrole nitrogens is 1. The van der Waals surface area contributed by atoms with Crippen LogP contribution >= 0.6 is 0 Å². The molecule has 4 rings (SSSR count). The van der Waals surface area contributed by atoms with E-state index < -0.39 is 0 Å². The molecule has 0 unspecified atom stereocenters. The summed E-state index contributed by atoms with van der Waals surface area (Å²) < 4.78 is 0. The second kappa shape index (κ2) is 10.2. The van der Waals surface area contributed by atoms with E-state index in [1.165, 1.54) is 109 Å². The molecule has 1 aromatic rings. The number of hydrogen-bond donors (Lipinski definition) is 1. The van der Waals surface area contributed by atoms with Gasteiger partial charge >= 0.3 is 0 Å². The van der Waals surface area contributed by atoms with Gasteiger partial charge in [-0.2, -0.15) is 0 Å². The van der Waals surface area contributed by atoms with Crippen LogP contribution < -0.4 is 0 Å². The Balaban J connectivity index is 1.33. The highest BCUT2D eigenvalue weighted by Gasteiger charge is 2.29. The first-order valence-electron chi connectivity index (χ1n) is 12.0. The highest BCUT2D eigenvalue weighted by atomic mass is 15.2. The minimum atomic E-state index is 0.826. The van der Waals surface area contributed by atoms with Crippen molar-refractivity contribution in [2.75, 3.05) is 45.8 Å². The van der Waals surface area contributed by atoms with Crippen molar-refractivity contribution < 1.29 is 0 Å². The van der Waals surface area contributed by atoms with Crippen molar-refractivity contribution in [3.05, 3.63) is 17.7 Å². The van der Waals surface area contributed by atoms with E-state index in [1.54, 1.807) is 0 Å². The standard InChI is InChI=1S/C23H41N5/c1-20-16-24-23(25-20)19-27(15-14-26-11-5-2-6-12-26)17-21-8-7-13-28(18-21)22-9-3-4-10-22/h16,21-22H,2-15,17-19H2,1H3,(H,24,25)/t21-/m1/s1. The molecule has 1 aliphatic carbocycles. The molecule has 5 nitrogen and oxygen atoms in total. The minimum Gasteiger partial charge on any atom is -0.345 e. The van der Waals surface area contributed by atoms with E-state index in [1.807, 2.05) is 6.20 Å². The fourth-order valence-electron chi connectivity index (χ4n) is 5.67. The number of likely N-dealkylation sites (tertiary alicyclic amines) is 2. The summed E-state index contributed by atoms with van der Waals surface area (Å²) in [7, 11) is 0. The van der Waals surface area contributed by atoms with E-state index in [9.17, 15) is 0 Å². The van der Waals surface area contributed by atoms with Crippen molar-refractivity contribution >= 4 is 0 Å². The van der Waals surface area contributed by atoms with Gasteiger partial charge in [0, 0.05) is 44.1 Å². The average molecular weight is 388 g/mol. The summed E-state index contributed by atoms with van der Waals surface area (Å²) in [6, 6.07) is 0.886. The Hall–Kier alpha value is -0.910. The Bertz CT molecular complexity index is 573. The Kier molecular flexibility index (Phi) is 7.43. The van der Waals surface area contributed by atoms with E-state index >= 15 is 0 Å². The van der Waals surface area contributed by atoms with Crippen molar-refractivity contribution in [2.45, 2.75) is 77.3 Å². The first-order valence-corrected chi connectivity index (χ1v) is 12.0. The molecular formula is C23H41N5. The molecule has 1 aromatic heterocycles. The third-order valence-corrected chi connectivity index (χ3v) is 7.22. The van der Waals surface area contributed by atoms with Gasteiger partial charge in [-0.25, -0.2) is 4.98 Å². The summed E-state index contributed by atoms with van der Waals surface area (Å²) in [5, 5.41) is 0. The maximum absolute atomic E-state index is 4.60. The van der Waals surface area contributed by atoms with Crippen LogP contribution in [0.1, 0.15) is 69.3 Å². The van der Waals surface area contributed by atoms with E-state index in [0.29, 0.717) is 0 Å². The van der Waals surface area contributed by atoms with Gasteiger partial charge in [0.2, 0.25) is 0 Å². The van der Waals surface area contributed by atoms with E-state index in [4.69, 9.17) is 0 Å². The zero-order chi connectivity index (χ0) is 19.2. The third-order valence-electron chi connectivity index (χ3n) is 7.22. The van der Waals surface area contributed by atoms with Gasteiger partial charge < -0.3 is 14.8 Å². The maximum Gasteiger partial charge on any atom is 0.120 e. The van der Waals surface area contributed by atoms with Crippen molar-refractivity contribution in [2.24, 2.45) is 5.92 Å². The molecule has 0 radical (unpaired) electrons. The molecule has 2 aliphatic heterocycles. The van der Waals surface area contributed by atoms with Crippen LogP contribution in [0.2, 0.25) is 0 Å². The van der Waals surface area contributed by atoms with Gasteiger partial charge in [0.15, 0.2) is 0 Å². The molecule has 0 aromatic carbocycles. The molecule has 1 saturated carbocycles. The number of piperidine rings is 2. The monoisotopic (exact) mass is 387 g/mol. The lowest BCUT2D eigenvalue weighted by atomic mass is 9.95. The molecule has 0 amide bonds. The first-order chi connectivity index (χ1) is 13.8. The Morgan fingerprint density at radius 2 is 1.86 bits per heavy atom. The van der Waals surface area contributed by atoms with Crippen LogP contribution in [0, 0.1) is 12.8 Å². The zero-order valence-electron chi connectivity index (χ0n) is 18.0. The van der Waals surface area contributed by atoms with Crippen LogP contribution in [0.4, 0.5) is 0 Å². The number of aryl methyl sites for hydroxylation is 1. The topological polar surface area (TPSA) is 38.4 Å². The van der Waals surface area contributed by atoms with E-state index in [-0.39, 0.29) is 0 Å². The maximum atomic E-state index is 4.60. The third kappa shape index (κ3) is 5.80. The predicted molar refractivity (Wildman–Crippen MR) is 115 cm³/mol. The highest BCUT2D eigenvalue weighted by molar-refractivity contribution is 4.98. The summed E-state index contributed by atoms with van der Waals surface area (Å²) in [5.74, 6) is 1.96.